The third-order valence-electron chi connectivity index (χ3n) is 3.65. The van der Waals surface area contributed by atoms with Gasteiger partial charge >= 0.3 is 0 Å². The van der Waals surface area contributed by atoms with Crippen molar-refractivity contribution in [1.82, 2.24) is 10.2 Å². The van der Waals surface area contributed by atoms with E-state index in [1.807, 2.05) is 14.1 Å². The Hall–Kier alpha value is -0.360. The highest BCUT2D eigenvalue weighted by Crippen LogP contribution is 2.37. The van der Waals surface area contributed by atoms with Crippen molar-refractivity contribution in [2.24, 2.45) is 11.1 Å². The van der Waals surface area contributed by atoms with Gasteiger partial charge in [-0.3, -0.25) is 4.79 Å². The maximum atomic E-state index is 12.1. The number of nitrogens with zero attached hydrogens (tertiary/aromatic N) is 1. The fourth-order valence-corrected chi connectivity index (χ4v) is 2.35. The third-order valence-corrected chi connectivity index (χ3v) is 3.65. The van der Waals surface area contributed by atoms with E-state index < -0.39 is 0 Å². The van der Waals surface area contributed by atoms with Gasteiger partial charge in [0.15, 0.2) is 0 Å². The zero-order valence-corrected chi connectivity index (χ0v) is 12.9. The minimum Gasteiger partial charge on any atom is -0.378 e. The molecule has 0 radical (unpaired) electrons. The lowest BCUT2D eigenvalue weighted by molar-refractivity contribution is -0.130. The number of halogens is 1. The quantitative estimate of drug-likeness (QED) is 0.644. The highest BCUT2D eigenvalue weighted by Gasteiger charge is 2.39. The summed E-state index contributed by atoms with van der Waals surface area (Å²) >= 11 is 0. The molecule has 1 saturated carbocycles. The molecule has 0 saturated heterocycles. The Morgan fingerprint density at radius 3 is 2.47 bits per heavy atom. The van der Waals surface area contributed by atoms with Crippen molar-refractivity contribution in [1.29, 1.82) is 0 Å². The number of carbonyl (C=O) groups is 1. The SMILES string of the molecule is CN(C)CCOCCNC(=O)C1(CN)CCCC1.Cl. The predicted molar refractivity (Wildman–Crippen MR) is 79.6 cm³/mol. The van der Waals surface area contributed by atoms with E-state index in [1.165, 1.54) is 0 Å². The summed E-state index contributed by atoms with van der Waals surface area (Å²) in [5.74, 6) is 0.110. The molecule has 0 heterocycles. The van der Waals surface area contributed by atoms with Gasteiger partial charge in [-0.05, 0) is 26.9 Å². The molecule has 0 aromatic carbocycles. The van der Waals surface area contributed by atoms with Gasteiger partial charge in [-0.25, -0.2) is 0 Å². The van der Waals surface area contributed by atoms with E-state index >= 15 is 0 Å². The van der Waals surface area contributed by atoms with Crippen LogP contribution in [0.1, 0.15) is 25.7 Å². The van der Waals surface area contributed by atoms with Gasteiger partial charge in [0.1, 0.15) is 0 Å². The first-order valence-corrected chi connectivity index (χ1v) is 6.81. The maximum Gasteiger partial charge on any atom is 0.227 e. The number of rotatable bonds is 8. The highest BCUT2D eigenvalue weighted by molar-refractivity contribution is 5.85. The van der Waals surface area contributed by atoms with E-state index in [2.05, 4.69) is 10.2 Å². The van der Waals surface area contributed by atoms with Crippen LogP contribution >= 0.6 is 12.4 Å². The highest BCUT2D eigenvalue weighted by atomic mass is 35.5. The van der Waals surface area contributed by atoms with Crippen LogP contribution < -0.4 is 11.1 Å². The van der Waals surface area contributed by atoms with Gasteiger partial charge in [-0.15, -0.1) is 12.4 Å². The van der Waals surface area contributed by atoms with Crippen molar-refractivity contribution in [3.05, 3.63) is 0 Å². The molecule has 0 bridgehead atoms. The average Bonchev–Trinajstić information content (AvgIpc) is 2.83. The maximum absolute atomic E-state index is 12.1. The van der Waals surface area contributed by atoms with E-state index in [4.69, 9.17) is 10.5 Å². The molecule has 1 rings (SSSR count). The normalized spacial score (nSPS) is 17.3. The monoisotopic (exact) mass is 293 g/mol. The Morgan fingerprint density at radius 1 is 1.32 bits per heavy atom. The molecule has 0 unspecified atom stereocenters. The lowest BCUT2D eigenvalue weighted by Crippen LogP contribution is -2.45. The summed E-state index contributed by atoms with van der Waals surface area (Å²) in [7, 11) is 4.02. The number of hydrogen-bond acceptors (Lipinski definition) is 4. The molecule has 0 aromatic heterocycles. The molecule has 0 atom stereocenters. The number of nitrogens with two attached hydrogens (primary N) is 1. The third kappa shape index (κ3) is 6.08. The van der Waals surface area contributed by atoms with E-state index in [0.717, 1.165) is 32.2 Å². The standard InChI is InChI=1S/C13H27N3O2.ClH/c1-16(2)8-10-18-9-7-15-12(17)13(11-14)5-3-4-6-13;/h3-11,14H2,1-2H3,(H,15,17);1H. The molecule has 1 aliphatic rings. The van der Waals surface area contributed by atoms with Gasteiger partial charge in [-0.2, -0.15) is 0 Å². The summed E-state index contributed by atoms with van der Waals surface area (Å²) < 4.78 is 5.44. The largest absolute Gasteiger partial charge is 0.378 e. The summed E-state index contributed by atoms with van der Waals surface area (Å²) in [6.07, 6.45) is 4.08. The van der Waals surface area contributed by atoms with Gasteiger partial charge in [0.2, 0.25) is 5.91 Å². The summed E-state index contributed by atoms with van der Waals surface area (Å²) in [6.45, 7) is 3.21. The number of nitrogens with one attached hydrogen (secondary N) is 1. The van der Waals surface area contributed by atoms with Gasteiger partial charge in [-0.1, -0.05) is 12.8 Å². The molecule has 19 heavy (non-hydrogen) atoms. The van der Waals surface area contributed by atoms with Crippen molar-refractivity contribution < 1.29 is 9.53 Å². The van der Waals surface area contributed by atoms with Crippen LogP contribution in [-0.2, 0) is 9.53 Å². The number of ether oxygens (including phenoxy) is 1. The molecule has 1 amide bonds. The first kappa shape index (κ1) is 18.6. The van der Waals surface area contributed by atoms with Crippen molar-refractivity contribution in [2.75, 3.05) is 46.9 Å². The number of hydrogen-bond donors (Lipinski definition) is 2. The Kier molecular flexibility index (Phi) is 9.35. The summed E-state index contributed by atoms with van der Waals surface area (Å²) in [4.78, 5) is 14.2. The van der Waals surface area contributed by atoms with Crippen LogP contribution in [0.15, 0.2) is 0 Å². The Labute approximate surface area is 122 Å². The van der Waals surface area contributed by atoms with E-state index in [1.54, 1.807) is 0 Å². The van der Waals surface area contributed by atoms with E-state index in [9.17, 15) is 4.79 Å². The van der Waals surface area contributed by atoms with Gasteiger partial charge in [0.25, 0.3) is 0 Å². The topological polar surface area (TPSA) is 67.6 Å². The van der Waals surface area contributed by atoms with Gasteiger partial charge < -0.3 is 20.7 Å². The Morgan fingerprint density at radius 2 is 1.95 bits per heavy atom. The fraction of sp³-hybridized carbons (Fsp3) is 0.923. The van der Waals surface area contributed by atoms with Crippen LogP contribution in [-0.4, -0.2) is 57.8 Å². The molecular formula is C13H28ClN3O2. The lowest BCUT2D eigenvalue weighted by atomic mass is 9.85. The molecule has 6 heteroatoms. The molecule has 0 spiro atoms. The van der Waals surface area contributed by atoms with Crippen molar-refractivity contribution in [3.63, 3.8) is 0 Å². The molecule has 3 N–H and O–H groups in total. The first-order valence-electron chi connectivity index (χ1n) is 6.81. The van der Waals surface area contributed by atoms with Crippen LogP contribution in [0.4, 0.5) is 0 Å². The molecule has 1 aliphatic carbocycles. The van der Waals surface area contributed by atoms with Crippen LogP contribution in [0.5, 0.6) is 0 Å². The van der Waals surface area contributed by atoms with Crippen molar-refractivity contribution in [3.8, 4) is 0 Å². The predicted octanol–water partition coefficient (Wildman–Crippen LogP) is 0.622. The number of likely N-dealkylation sites (N-methyl/N-ethyl adjacent to an activating group) is 1. The smallest absolute Gasteiger partial charge is 0.227 e. The molecule has 0 aliphatic heterocycles. The lowest BCUT2D eigenvalue weighted by Gasteiger charge is -2.25. The molecule has 0 aromatic rings. The van der Waals surface area contributed by atoms with Gasteiger partial charge in [0, 0.05) is 19.6 Å². The number of carbonyl (C=O) groups excluding carboxylic acids is 1. The van der Waals surface area contributed by atoms with E-state index in [0.29, 0.717) is 26.3 Å². The Bertz CT molecular complexity index is 256. The molecular weight excluding hydrogens is 266 g/mol. The minimum absolute atomic E-state index is 0. The second-order valence-electron chi connectivity index (χ2n) is 5.36. The van der Waals surface area contributed by atoms with Crippen LogP contribution in [0.25, 0.3) is 0 Å². The van der Waals surface area contributed by atoms with Crippen LogP contribution in [0.2, 0.25) is 0 Å². The molecule has 114 valence electrons. The summed E-state index contributed by atoms with van der Waals surface area (Å²) in [5.41, 5.74) is 5.46. The van der Waals surface area contributed by atoms with E-state index in [-0.39, 0.29) is 23.7 Å². The Balaban J connectivity index is 0.00000324. The van der Waals surface area contributed by atoms with Crippen molar-refractivity contribution in [2.45, 2.75) is 25.7 Å². The van der Waals surface area contributed by atoms with Crippen LogP contribution in [0.3, 0.4) is 0 Å². The van der Waals surface area contributed by atoms with Crippen LogP contribution in [0, 0.1) is 5.41 Å². The number of amides is 1. The molecule has 5 nitrogen and oxygen atoms in total. The second-order valence-corrected chi connectivity index (χ2v) is 5.36. The van der Waals surface area contributed by atoms with Gasteiger partial charge in [0.05, 0.1) is 18.6 Å². The fourth-order valence-electron chi connectivity index (χ4n) is 2.35. The second kappa shape index (κ2) is 9.53. The zero-order chi connectivity index (χ0) is 13.4. The minimum atomic E-state index is -0.302. The summed E-state index contributed by atoms with van der Waals surface area (Å²) in [6, 6.07) is 0. The van der Waals surface area contributed by atoms with Crippen molar-refractivity contribution >= 4 is 18.3 Å². The zero-order valence-electron chi connectivity index (χ0n) is 12.1. The molecule has 1 fully saturated rings. The average molecular weight is 294 g/mol. The summed E-state index contributed by atoms with van der Waals surface area (Å²) in [5, 5.41) is 2.95. The first-order chi connectivity index (χ1) is 8.60.